The molecule has 0 unspecified atom stereocenters. The number of rotatable bonds is 4. The monoisotopic (exact) mass is 315 g/mol. The minimum absolute atomic E-state index is 0.511. The summed E-state index contributed by atoms with van der Waals surface area (Å²) in [6.07, 6.45) is 5.91. The summed E-state index contributed by atoms with van der Waals surface area (Å²) < 4.78 is 6.26. The summed E-state index contributed by atoms with van der Waals surface area (Å²) in [6, 6.07) is 11.6. The molecule has 0 aromatic heterocycles. The fourth-order valence-corrected chi connectivity index (χ4v) is 4.13. The van der Waals surface area contributed by atoms with Gasteiger partial charge in [-0.1, -0.05) is 18.2 Å². The van der Waals surface area contributed by atoms with Crippen molar-refractivity contribution in [3.05, 3.63) is 30.3 Å². The molecule has 3 aliphatic rings. The van der Waals surface area contributed by atoms with Crippen molar-refractivity contribution >= 4 is 5.69 Å². The molecule has 0 spiro atoms. The Morgan fingerprint density at radius 1 is 0.870 bits per heavy atom. The number of hydrogen-bond donors (Lipinski definition) is 1. The van der Waals surface area contributed by atoms with Crippen LogP contribution in [0.2, 0.25) is 0 Å². The van der Waals surface area contributed by atoms with E-state index in [1.807, 2.05) is 0 Å². The first-order valence-electron chi connectivity index (χ1n) is 9.29. The van der Waals surface area contributed by atoms with Gasteiger partial charge in [0.1, 0.15) is 0 Å². The Morgan fingerprint density at radius 3 is 2.26 bits per heavy atom. The summed E-state index contributed by atoms with van der Waals surface area (Å²) in [7, 11) is 0. The van der Waals surface area contributed by atoms with Crippen LogP contribution in [0.4, 0.5) is 5.69 Å². The average Bonchev–Trinajstić information content (AvgIpc) is 2.60. The Balaban J connectivity index is 1.19. The average molecular weight is 315 g/mol. The molecular formula is C19H29N3O. The highest BCUT2D eigenvalue weighted by Crippen LogP contribution is 2.31. The van der Waals surface area contributed by atoms with Gasteiger partial charge in [0.15, 0.2) is 0 Å². The molecule has 4 heteroatoms. The van der Waals surface area contributed by atoms with Crippen molar-refractivity contribution < 1.29 is 4.74 Å². The third kappa shape index (κ3) is 3.70. The van der Waals surface area contributed by atoms with E-state index in [0.29, 0.717) is 12.2 Å². The highest BCUT2D eigenvalue weighted by Gasteiger charge is 2.37. The first-order chi connectivity index (χ1) is 11.4. The number of para-hydroxylation sites is 1. The van der Waals surface area contributed by atoms with E-state index >= 15 is 0 Å². The summed E-state index contributed by atoms with van der Waals surface area (Å²) >= 11 is 0. The molecule has 1 aromatic rings. The zero-order chi connectivity index (χ0) is 15.5. The maximum absolute atomic E-state index is 6.26. The lowest BCUT2D eigenvalue weighted by Gasteiger charge is -2.47. The Morgan fingerprint density at radius 2 is 1.57 bits per heavy atom. The molecule has 2 saturated heterocycles. The van der Waals surface area contributed by atoms with Crippen molar-refractivity contribution in [1.29, 1.82) is 0 Å². The fraction of sp³-hybridized carbons (Fsp3) is 0.684. The third-order valence-corrected chi connectivity index (χ3v) is 5.69. The zero-order valence-electron chi connectivity index (χ0n) is 14.0. The SMILES string of the molecule is c1ccc(N2CCN(C3CC(OC4CCNCC4)C3)CC2)cc1. The Hall–Kier alpha value is -1.10. The third-order valence-electron chi connectivity index (χ3n) is 5.69. The van der Waals surface area contributed by atoms with Crippen LogP contribution < -0.4 is 10.2 Å². The fourth-order valence-electron chi connectivity index (χ4n) is 4.13. The highest BCUT2D eigenvalue weighted by molar-refractivity contribution is 5.46. The van der Waals surface area contributed by atoms with Gasteiger partial charge in [-0.3, -0.25) is 4.90 Å². The number of anilines is 1. The van der Waals surface area contributed by atoms with E-state index in [4.69, 9.17) is 4.74 Å². The minimum Gasteiger partial charge on any atom is -0.375 e. The van der Waals surface area contributed by atoms with Gasteiger partial charge in [-0.15, -0.1) is 0 Å². The number of benzene rings is 1. The molecule has 0 bridgehead atoms. The standard InChI is InChI=1S/C19H29N3O/c1-2-4-16(5-3-1)21-10-12-22(13-11-21)17-14-19(15-17)23-18-6-8-20-9-7-18/h1-5,17-20H,6-15H2. The lowest BCUT2D eigenvalue weighted by Crippen LogP contribution is -2.56. The molecule has 3 fully saturated rings. The molecule has 4 rings (SSSR count). The van der Waals surface area contributed by atoms with E-state index in [9.17, 15) is 0 Å². The van der Waals surface area contributed by atoms with Gasteiger partial charge in [0.25, 0.3) is 0 Å². The van der Waals surface area contributed by atoms with Gasteiger partial charge in [-0.25, -0.2) is 0 Å². The van der Waals surface area contributed by atoms with Gasteiger partial charge in [0, 0.05) is 37.9 Å². The van der Waals surface area contributed by atoms with Crippen LogP contribution in [0.5, 0.6) is 0 Å². The molecule has 4 nitrogen and oxygen atoms in total. The van der Waals surface area contributed by atoms with Crippen molar-refractivity contribution in [2.45, 2.75) is 43.9 Å². The summed E-state index contributed by atoms with van der Waals surface area (Å²) in [5.41, 5.74) is 1.37. The number of nitrogens with zero attached hydrogens (tertiary/aromatic N) is 2. The second-order valence-corrected chi connectivity index (χ2v) is 7.19. The van der Waals surface area contributed by atoms with Gasteiger partial charge in [-0.05, 0) is 50.9 Å². The van der Waals surface area contributed by atoms with E-state index in [1.165, 1.54) is 44.5 Å². The highest BCUT2D eigenvalue weighted by atomic mass is 16.5. The van der Waals surface area contributed by atoms with Crippen LogP contribution >= 0.6 is 0 Å². The number of hydrogen-bond acceptors (Lipinski definition) is 4. The predicted octanol–water partition coefficient (Wildman–Crippen LogP) is 2.11. The normalized spacial score (nSPS) is 30.2. The van der Waals surface area contributed by atoms with Crippen LogP contribution in [0.3, 0.4) is 0 Å². The van der Waals surface area contributed by atoms with Crippen LogP contribution in [0.15, 0.2) is 30.3 Å². The van der Waals surface area contributed by atoms with Gasteiger partial charge >= 0.3 is 0 Å². The van der Waals surface area contributed by atoms with Crippen LogP contribution in [-0.4, -0.2) is 62.4 Å². The molecule has 126 valence electrons. The van der Waals surface area contributed by atoms with E-state index in [-0.39, 0.29) is 0 Å². The van der Waals surface area contributed by atoms with Gasteiger partial charge in [0.2, 0.25) is 0 Å². The summed E-state index contributed by atoms with van der Waals surface area (Å²) in [6.45, 7) is 6.95. The molecule has 1 aromatic carbocycles. The smallest absolute Gasteiger partial charge is 0.0608 e. The molecule has 1 saturated carbocycles. The molecule has 0 atom stereocenters. The zero-order valence-corrected chi connectivity index (χ0v) is 14.0. The number of nitrogens with one attached hydrogen (secondary N) is 1. The van der Waals surface area contributed by atoms with Crippen molar-refractivity contribution in [2.24, 2.45) is 0 Å². The molecule has 0 amide bonds. The van der Waals surface area contributed by atoms with Gasteiger partial charge < -0.3 is 15.0 Å². The summed E-state index contributed by atoms with van der Waals surface area (Å²) in [5, 5.41) is 3.41. The van der Waals surface area contributed by atoms with E-state index in [1.54, 1.807) is 0 Å². The van der Waals surface area contributed by atoms with Crippen LogP contribution in [0.25, 0.3) is 0 Å². The van der Waals surface area contributed by atoms with E-state index < -0.39 is 0 Å². The first-order valence-corrected chi connectivity index (χ1v) is 9.29. The number of piperidine rings is 1. The minimum atomic E-state index is 0.511. The largest absolute Gasteiger partial charge is 0.375 e. The molecule has 0 radical (unpaired) electrons. The molecule has 2 aliphatic heterocycles. The molecule has 1 N–H and O–H groups in total. The van der Waals surface area contributed by atoms with Crippen molar-refractivity contribution in [3.63, 3.8) is 0 Å². The second-order valence-electron chi connectivity index (χ2n) is 7.19. The molecular weight excluding hydrogens is 286 g/mol. The molecule has 1 aliphatic carbocycles. The van der Waals surface area contributed by atoms with Crippen LogP contribution in [0.1, 0.15) is 25.7 Å². The Bertz CT molecular complexity index is 475. The second kappa shape index (κ2) is 7.20. The molecule has 2 heterocycles. The topological polar surface area (TPSA) is 27.7 Å². The summed E-state index contributed by atoms with van der Waals surface area (Å²) in [4.78, 5) is 5.19. The van der Waals surface area contributed by atoms with E-state index in [2.05, 4.69) is 45.4 Å². The molecule has 23 heavy (non-hydrogen) atoms. The maximum atomic E-state index is 6.26. The van der Waals surface area contributed by atoms with Gasteiger partial charge in [0.05, 0.1) is 12.2 Å². The predicted molar refractivity (Wildman–Crippen MR) is 94.0 cm³/mol. The van der Waals surface area contributed by atoms with Crippen LogP contribution in [-0.2, 0) is 4.74 Å². The lowest BCUT2D eigenvalue weighted by atomic mass is 9.87. The maximum Gasteiger partial charge on any atom is 0.0608 e. The van der Waals surface area contributed by atoms with E-state index in [0.717, 1.165) is 32.2 Å². The first kappa shape index (κ1) is 15.4. The Kier molecular flexibility index (Phi) is 4.83. The van der Waals surface area contributed by atoms with Crippen molar-refractivity contribution in [3.8, 4) is 0 Å². The lowest BCUT2D eigenvalue weighted by molar-refractivity contribution is -0.0960. The van der Waals surface area contributed by atoms with Crippen LogP contribution in [0, 0.1) is 0 Å². The number of ether oxygens (including phenoxy) is 1. The number of piperazine rings is 1. The Labute approximate surface area is 139 Å². The van der Waals surface area contributed by atoms with Crippen molar-refractivity contribution in [1.82, 2.24) is 10.2 Å². The van der Waals surface area contributed by atoms with Crippen molar-refractivity contribution in [2.75, 3.05) is 44.2 Å². The summed E-state index contributed by atoms with van der Waals surface area (Å²) in [5.74, 6) is 0. The van der Waals surface area contributed by atoms with Gasteiger partial charge in [-0.2, -0.15) is 0 Å². The quantitative estimate of drug-likeness (QED) is 0.921.